The van der Waals surface area contributed by atoms with Gasteiger partial charge in [0.2, 0.25) is 0 Å². The lowest BCUT2D eigenvalue weighted by atomic mass is 9.99. The Bertz CT molecular complexity index is 147. The van der Waals surface area contributed by atoms with Gasteiger partial charge in [0, 0.05) is 12.8 Å². The summed E-state index contributed by atoms with van der Waals surface area (Å²) in [6.07, 6.45) is 0.00157. The molecular formula is C8H19N3. The smallest absolute Gasteiger partial charge is 0.0524 e. The summed E-state index contributed by atoms with van der Waals surface area (Å²) in [5.74, 6) is 0. The third kappa shape index (κ3) is 3.49. The predicted octanol–water partition coefficient (Wildman–Crippen LogP) is 0.750. The van der Waals surface area contributed by atoms with Crippen molar-refractivity contribution in [3.63, 3.8) is 0 Å². The summed E-state index contributed by atoms with van der Waals surface area (Å²) in [5.41, 5.74) is 6.58. The van der Waals surface area contributed by atoms with E-state index in [1.54, 1.807) is 7.05 Å². The molecule has 3 N–H and O–H groups in total. The van der Waals surface area contributed by atoms with Crippen LogP contribution in [0.3, 0.4) is 0 Å². The van der Waals surface area contributed by atoms with Crippen molar-refractivity contribution in [3.8, 4) is 0 Å². The Kier molecular flexibility index (Phi) is 3.69. The van der Waals surface area contributed by atoms with E-state index in [1.807, 2.05) is 13.8 Å². The number of rotatable bonds is 3. The van der Waals surface area contributed by atoms with E-state index in [-0.39, 0.29) is 11.7 Å². The molecule has 0 saturated heterocycles. The molecule has 0 heterocycles. The Hall–Kier alpha value is -0.410. The van der Waals surface area contributed by atoms with Crippen molar-refractivity contribution in [1.82, 2.24) is 5.32 Å². The second-order valence-corrected chi connectivity index (χ2v) is 3.37. The Morgan fingerprint density at radius 2 is 2.00 bits per heavy atom. The fraction of sp³-hybridized carbons (Fsp3) is 0.875. The van der Waals surface area contributed by atoms with Gasteiger partial charge in [0.05, 0.1) is 11.7 Å². The Balaban J connectivity index is 4.22. The fourth-order valence-corrected chi connectivity index (χ4v) is 0.953. The highest BCUT2D eigenvalue weighted by atomic mass is 15.1. The predicted molar refractivity (Wildman–Crippen MR) is 49.9 cm³/mol. The first kappa shape index (κ1) is 10.6. The minimum Gasteiger partial charge on any atom is -0.316 e. The zero-order valence-electron chi connectivity index (χ0n) is 8.10. The summed E-state index contributed by atoms with van der Waals surface area (Å²) >= 11 is 0. The molecule has 0 bridgehead atoms. The fourth-order valence-electron chi connectivity index (χ4n) is 0.953. The summed E-state index contributed by atoms with van der Waals surface area (Å²) in [7, 11) is 1.79. The summed E-state index contributed by atoms with van der Waals surface area (Å²) in [6, 6.07) is 0. The molecule has 0 spiro atoms. The zero-order chi connectivity index (χ0) is 9.07. The molecule has 0 rings (SSSR count). The highest BCUT2D eigenvalue weighted by molar-refractivity contribution is 5.90. The normalized spacial score (nSPS) is 16.7. The van der Waals surface area contributed by atoms with E-state index in [9.17, 15) is 0 Å². The van der Waals surface area contributed by atoms with Crippen molar-refractivity contribution in [3.05, 3.63) is 0 Å². The summed E-state index contributed by atoms with van der Waals surface area (Å²) in [5, 5.41) is 3.22. The summed E-state index contributed by atoms with van der Waals surface area (Å²) < 4.78 is 0. The molecule has 11 heavy (non-hydrogen) atoms. The molecule has 0 saturated carbocycles. The van der Waals surface area contributed by atoms with Gasteiger partial charge < -0.3 is 5.73 Å². The lowest BCUT2D eigenvalue weighted by molar-refractivity contribution is 0.439. The van der Waals surface area contributed by atoms with E-state index in [2.05, 4.69) is 24.2 Å². The molecule has 0 amide bonds. The van der Waals surface area contributed by atoms with E-state index in [1.165, 1.54) is 0 Å². The van der Waals surface area contributed by atoms with Crippen LogP contribution in [0.25, 0.3) is 0 Å². The molecule has 0 fully saturated rings. The maximum Gasteiger partial charge on any atom is 0.0524 e. The molecule has 0 aromatic carbocycles. The summed E-state index contributed by atoms with van der Waals surface area (Å²) in [4.78, 5) is 4.11. The SMILES string of the molecule is CN=C(C)C(C)(C)NC(C)N. The topological polar surface area (TPSA) is 50.4 Å². The monoisotopic (exact) mass is 157 g/mol. The van der Waals surface area contributed by atoms with Crippen molar-refractivity contribution in [2.24, 2.45) is 10.7 Å². The molecule has 0 aliphatic carbocycles. The largest absolute Gasteiger partial charge is 0.316 e. The van der Waals surface area contributed by atoms with Crippen LogP contribution in [0.5, 0.6) is 0 Å². The maximum absolute atomic E-state index is 5.60. The van der Waals surface area contributed by atoms with E-state index in [0.717, 1.165) is 5.71 Å². The minimum absolute atomic E-state index is 0.00157. The molecule has 0 aromatic heterocycles. The lowest BCUT2D eigenvalue weighted by Gasteiger charge is -2.28. The Morgan fingerprint density at radius 3 is 2.27 bits per heavy atom. The van der Waals surface area contributed by atoms with Crippen molar-refractivity contribution in [1.29, 1.82) is 0 Å². The van der Waals surface area contributed by atoms with Crippen LogP contribution in [-0.2, 0) is 0 Å². The average Bonchev–Trinajstić information content (AvgIpc) is 1.83. The Labute approximate surface area is 69.1 Å². The van der Waals surface area contributed by atoms with E-state index in [0.29, 0.717) is 0 Å². The van der Waals surface area contributed by atoms with E-state index in [4.69, 9.17) is 5.73 Å². The number of hydrogen-bond donors (Lipinski definition) is 2. The van der Waals surface area contributed by atoms with Gasteiger partial charge >= 0.3 is 0 Å². The number of nitrogens with zero attached hydrogens (tertiary/aromatic N) is 1. The average molecular weight is 157 g/mol. The highest BCUT2D eigenvalue weighted by Crippen LogP contribution is 2.04. The van der Waals surface area contributed by atoms with Gasteiger partial charge in [0.25, 0.3) is 0 Å². The standard InChI is InChI=1S/C8H19N3/c1-6(10-5)8(3,4)11-7(2)9/h7,11H,9H2,1-5H3. The quantitative estimate of drug-likeness (QED) is 0.469. The van der Waals surface area contributed by atoms with Gasteiger partial charge in [-0.15, -0.1) is 0 Å². The maximum atomic E-state index is 5.60. The van der Waals surface area contributed by atoms with Gasteiger partial charge in [-0.3, -0.25) is 10.3 Å². The first-order valence-electron chi connectivity index (χ1n) is 3.87. The molecule has 0 aromatic rings. The molecule has 3 heteroatoms. The van der Waals surface area contributed by atoms with Crippen molar-refractivity contribution in [2.45, 2.75) is 39.4 Å². The molecule has 3 nitrogen and oxygen atoms in total. The van der Waals surface area contributed by atoms with E-state index >= 15 is 0 Å². The molecule has 66 valence electrons. The van der Waals surface area contributed by atoms with Crippen LogP contribution in [0.15, 0.2) is 4.99 Å². The number of nitrogens with one attached hydrogen (secondary N) is 1. The van der Waals surface area contributed by atoms with Crippen LogP contribution in [0.4, 0.5) is 0 Å². The first-order valence-corrected chi connectivity index (χ1v) is 3.87. The van der Waals surface area contributed by atoms with Crippen LogP contribution < -0.4 is 11.1 Å². The van der Waals surface area contributed by atoms with Crippen LogP contribution in [0.2, 0.25) is 0 Å². The molecule has 1 atom stereocenters. The first-order chi connectivity index (χ1) is 4.90. The third-order valence-electron chi connectivity index (χ3n) is 1.83. The molecule has 0 aliphatic rings. The highest BCUT2D eigenvalue weighted by Gasteiger charge is 2.21. The van der Waals surface area contributed by atoms with Crippen molar-refractivity contribution in [2.75, 3.05) is 7.05 Å². The second kappa shape index (κ2) is 3.83. The van der Waals surface area contributed by atoms with Gasteiger partial charge in [-0.25, -0.2) is 0 Å². The van der Waals surface area contributed by atoms with Crippen molar-refractivity contribution < 1.29 is 0 Å². The number of aliphatic imine (C=N–C) groups is 1. The summed E-state index contributed by atoms with van der Waals surface area (Å²) in [6.45, 7) is 8.05. The van der Waals surface area contributed by atoms with Gasteiger partial charge in [-0.05, 0) is 27.7 Å². The molecule has 0 radical (unpaired) electrons. The molecule has 0 aliphatic heterocycles. The van der Waals surface area contributed by atoms with Crippen LogP contribution >= 0.6 is 0 Å². The number of hydrogen-bond acceptors (Lipinski definition) is 3. The molecule has 1 unspecified atom stereocenters. The van der Waals surface area contributed by atoms with Crippen LogP contribution in [-0.4, -0.2) is 24.5 Å². The van der Waals surface area contributed by atoms with Gasteiger partial charge in [0.1, 0.15) is 0 Å². The zero-order valence-corrected chi connectivity index (χ0v) is 8.10. The van der Waals surface area contributed by atoms with Gasteiger partial charge in [-0.2, -0.15) is 0 Å². The van der Waals surface area contributed by atoms with E-state index < -0.39 is 0 Å². The Morgan fingerprint density at radius 1 is 1.55 bits per heavy atom. The third-order valence-corrected chi connectivity index (χ3v) is 1.83. The number of nitrogens with two attached hydrogens (primary N) is 1. The second-order valence-electron chi connectivity index (χ2n) is 3.37. The van der Waals surface area contributed by atoms with Gasteiger partial charge in [0.15, 0.2) is 0 Å². The van der Waals surface area contributed by atoms with Crippen molar-refractivity contribution >= 4 is 5.71 Å². The lowest BCUT2D eigenvalue weighted by Crippen LogP contribution is -2.52. The van der Waals surface area contributed by atoms with Crippen LogP contribution in [0.1, 0.15) is 27.7 Å². The van der Waals surface area contributed by atoms with Crippen LogP contribution in [0, 0.1) is 0 Å². The minimum atomic E-state index is -0.0943. The molecular weight excluding hydrogens is 138 g/mol. The van der Waals surface area contributed by atoms with Gasteiger partial charge in [-0.1, -0.05) is 0 Å².